The number of hydrogen-bond donors (Lipinski definition) is 0. The highest BCUT2D eigenvalue weighted by atomic mass is 19.4. The minimum absolute atomic E-state index is 0.00687. The Balaban J connectivity index is 2.07. The highest BCUT2D eigenvalue weighted by Crippen LogP contribution is 2.28. The first kappa shape index (κ1) is 16.1. The standard InChI is InChI=1S/C14H21F3N2O2/c1-2-10-12(20)19-8-4-3-6-11(19)13(21)18(10)9-5-7-14(15,16)17/h10-11H,2-9H2,1H3. The van der Waals surface area contributed by atoms with Gasteiger partial charge < -0.3 is 9.80 Å². The van der Waals surface area contributed by atoms with E-state index in [0.717, 1.165) is 12.8 Å². The van der Waals surface area contributed by atoms with Gasteiger partial charge in [-0.2, -0.15) is 13.2 Å². The highest BCUT2D eigenvalue weighted by molar-refractivity contribution is 5.97. The zero-order valence-electron chi connectivity index (χ0n) is 12.2. The number of piperazine rings is 1. The van der Waals surface area contributed by atoms with E-state index in [4.69, 9.17) is 0 Å². The van der Waals surface area contributed by atoms with Gasteiger partial charge >= 0.3 is 6.18 Å². The van der Waals surface area contributed by atoms with E-state index in [1.807, 2.05) is 0 Å². The van der Waals surface area contributed by atoms with Crippen LogP contribution in [0, 0.1) is 0 Å². The van der Waals surface area contributed by atoms with E-state index < -0.39 is 24.7 Å². The molecule has 0 N–H and O–H groups in total. The summed E-state index contributed by atoms with van der Waals surface area (Å²) in [7, 11) is 0. The molecule has 0 spiro atoms. The lowest BCUT2D eigenvalue weighted by Gasteiger charge is -2.47. The molecule has 0 bridgehead atoms. The van der Waals surface area contributed by atoms with Gasteiger partial charge in [0.25, 0.3) is 0 Å². The Kier molecular flexibility index (Phi) is 4.78. The molecule has 0 aliphatic carbocycles. The third-order valence-electron chi connectivity index (χ3n) is 4.26. The van der Waals surface area contributed by atoms with Gasteiger partial charge in [-0.05, 0) is 32.1 Å². The molecule has 2 amide bonds. The average Bonchev–Trinajstić information content (AvgIpc) is 2.43. The summed E-state index contributed by atoms with van der Waals surface area (Å²) in [5.41, 5.74) is 0. The third kappa shape index (κ3) is 3.49. The molecular weight excluding hydrogens is 285 g/mol. The summed E-state index contributed by atoms with van der Waals surface area (Å²) in [6, 6.07) is -1.06. The molecule has 2 heterocycles. The lowest BCUT2D eigenvalue weighted by molar-refractivity contribution is -0.165. The number of nitrogens with zero attached hydrogens (tertiary/aromatic N) is 2. The number of fused-ring (bicyclic) bond motifs is 1. The van der Waals surface area contributed by atoms with Gasteiger partial charge in [-0.1, -0.05) is 6.92 Å². The van der Waals surface area contributed by atoms with Crippen LogP contribution >= 0.6 is 0 Å². The van der Waals surface area contributed by atoms with Crippen molar-refractivity contribution in [3.05, 3.63) is 0 Å². The van der Waals surface area contributed by atoms with Gasteiger partial charge in [0.1, 0.15) is 12.1 Å². The van der Waals surface area contributed by atoms with Crippen molar-refractivity contribution in [1.29, 1.82) is 0 Å². The van der Waals surface area contributed by atoms with Crippen LogP contribution in [0.15, 0.2) is 0 Å². The van der Waals surface area contributed by atoms with E-state index in [-0.39, 0.29) is 24.8 Å². The van der Waals surface area contributed by atoms with Crippen molar-refractivity contribution in [2.75, 3.05) is 13.1 Å². The van der Waals surface area contributed by atoms with Crippen molar-refractivity contribution in [3.8, 4) is 0 Å². The fraction of sp³-hybridized carbons (Fsp3) is 0.857. The molecule has 2 rings (SSSR count). The van der Waals surface area contributed by atoms with Crippen LogP contribution in [0.3, 0.4) is 0 Å². The zero-order valence-corrected chi connectivity index (χ0v) is 12.2. The predicted octanol–water partition coefficient (Wildman–Crippen LogP) is 2.33. The minimum atomic E-state index is -4.22. The molecule has 2 unspecified atom stereocenters. The number of halogens is 3. The molecule has 0 aromatic carbocycles. The summed E-state index contributed by atoms with van der Waals surface area (Å²) < 4.78 is 36.8. The van der Waals surface area contributed by atoms with Crippen LogP contribution in [-0.4, -0.2) is 53.0 Å². The molecule has 0 aromatic rings. The fourth-order valence-electron chi connectivity index (χ4n) is 3.23. The molecule has 120 valence electrons. The molecule has 21 heavy (non-hydrogen) atoms. The van der Waals surface area contributed by atoms with Gasteiger partial charge in [0.15, 0.2) is 0 Å². The average molecular weight is 306 g/mol. The van der Waals surface area contributed by atoms with Crippen molar-refractivity contribution in [3.63, 3.8) is 0 Å². The second kappa shape index (κ2) is 6.23. The second-order valence-corrected chi connectivity index (χ2v) is 5.72. The fourth-order valence-corrected chi connectivity index (χ4v) is 3.23. The summed E-state index contributed by atoms with van der Waals surface area (Å²) in [5, 5.41) is 0. The molecule has 7 heteroatoms. The van der Waals surface area contributed by atoms with E-state index in [2.05, 4.69) is 0 Å². The van der Waals surface area contributed by atoms with Crippen molar-refractivity contribution in [1.82, 2.24) is 9.80 Å². The molecular formula is C14H21F3N2O2. The maximum absolute atomic E-state index is 12.5. The van der Waals surface area contributed by atoms with E-state index in [9.17, 15) is 22.8 Å². The summed E-state index contributed by atoms with van der Waals surface area (Å²) in [6.45, 7) is 2.38. The summed E-state index contributed by atoms with van der Waals surface area (Å²) >= 11 is 0. The molecule has 0 aromatic heterocycles. The Hall–Kier alpha value is -1.27. The third-order valence-corrected chi connectivity index (χ3v) is 4.26. The van der Waals surface area contributed by atoms with Gasteiger partial charge in [-0.15, -0.1) is 0 Å². The summed E-state index contributed by atoms with van der Waals surface area (Å²) in [5.74, 6) is -0.280. The maximum atomic E-state index is 12.5. The van der Waals surface area contributed by atoms with Crippen molar-refractivity contribution in [2.24, 2.45) is 0 Å². The van der Waals surface area contributed by atoms with Crippen LogP contribution in [0.4, 0.5) is 13.2 Å². The lowest BCUT2D eigenvalue weighted by Crippen LogP contribution is -2.65. The molecule has 2 atom stereocenters. The van der Waals surface area contributed by atoms with Crippen LogP contribution in [-0.2, 0) is 9.59 Å². The molecule has 2 aliphatic rings. The SMILES string of the molecule is CCC1C(=O)N2CCCCC2C(=O)N1CCCC(F)(F)F. The number of amides is 2. The van der Waals surface area contributed by atoms with Crippen molar-refractivity contribution >= 4 is 11.8 Å². The highest BCUT2D eigenvalue weighted by Gasteiger charge is 2.45. The van der Waals surface area contributed by atoms with Crippen molar-refractivity contribution < 1.29 is 22.8 Å². The Morgan fingerprint density at radius 2 is 1.90 bits per heavy atom. The number of carbonyl (C=O) groups is 2. The quantitative estimate of drug-likeness (QED) is 0.800. The van der Waals surface area contributed by atoms with Crippen LogP contribution in [0.5, 0.6) is 0 Å². The molecule has 0 saturated carbocycles. The van der Waals surface area contributed by atoms with E-state index >= 15 is 0 Å². The summed E-state index contributed by atoms with van der Waals surface area (Å²) in [6.07, 6.45) is -2.45. The van der Waals surface area contributed by atoms with Gasteiger partial charge in [0.05, 0.1) is 0 Å². The maximum Gasteiger partial charge on any atom is 0.389 e. The number of carbonyl (C=O) groups excluding carboxylic acids is 2. The number of piperidine rings is 1. The summed E-state index contributed by atoms with van der Waals surface area (Å²) in [4.78, 5) is 27.9. The van der Waals surface area contributed by atoms with Gasteiger partial charge in [0.2, 0.25) is 11.8 Å². The number of hydrogen-bond acceptors (Lipinski definition) is 2. The van der Waals surface area contributed by atoms with E-state index in [1.54, 1.807) is 11.8 Å². The largest absolute Gasteiger partial charge is 0.389 e. The Labute approximate surface area is 122 Å². The normalized spacial score (nSPS) is 27.0. The smallest absolute Gasteiger partial charge is 0.329 e. The van der Waals surface area contributed by atoms with E-state index in [0.29, 0.717) is 19.4 Å². The molecule has 2 fully saturated rings. The molecule has 2 saturated heterocycles. The Bertz CT molecular complexity index is 412. The first-order valence-electron chi connectivity index (χ1n) is 7.53. The number of alkyl halides is 3. The van der Waals surface area contributed by atoms with Gasteiger partial charge in [-0.25, -0.2) is 0 Å². The van der Waals surface area contributed by atoms with Gasteiger partial charge in [0, 0.05) is 19.5 Å². The van der Waals surface area contributed by atoms with Crippen LogP contribution in [0.1, 0.15) is 45.4 Å². The molecule has 2 aliphatic heterocycles. The van der Waals surface area contributed by atoms with Crippen LogP contribution < -0.4 is 0 Å². The first-order valence-corrected chi connectivity index (χ1v) is 7.53. The van der Waals surface area contributed by atoms with Gasteiger partial charge in [-0.3, -0.25) is 9.59 Å². The van der Waals surface area contributed by atoms with E-state index in [1.165, 1.54) is 4.90 Å². The van der Waals surface area contributed by atoms with Crippen LogP contribution in [0.2, 0.25) is 0 Å². The van der Waals surface area contributed by atoms with Crippen LogP contribution in [0.25, 0.3) is 0 Å². The topological polar surface area (TPSA) is 40.6 Å². The minimum Gasteiger partial charge on any atom is -0.329 e. The second-order valence-electron chi connectivity index (χ2n) is 5.72. The predicted molar refractivity (Wildman–Crippen MR) is 70.4 cm³/mol. The zero-order chi connectivity index (χ0) is 15.6. The first-order chi connectivity index (χ1) is 9.85. The monoisotopic (exact) mass is 306 g/mol. The number of rotatable bonds is 4. The Morgan fingerprint density at radius 3 is 2.52 bits per heavy atom. The Morgan fingerprint density at radius 1 is 1.19 bits per heavy atom. The molecule has 0 radical (unpaired) electrons. The lowest BCUT2D eigenvalue weighted by atomic mass is 9.94. The molecule has 4 nitrogen and oxygen atoms in total. The van der Waals surface area contributed by atoms with Crippen molar-refractivity contribution in [2.45, 2.75) is 63.7 Å².